The Morgan fingerprint density at radius 3 is 2.57 bits per heavy atom. The van der Waals surface area contributed by atoms with Gasteiger partial charge in [0.25, 0.3) is 5.91 Å². The molecule has 0 radical (unpaired) electrons. The van der Waals surface area contributed by atoms with Gasteiger partial charge in [-0.3, -0.25) is 4.79 Å². The minimum atomic E-state index is -0.983. The molecule has 110 valence electrons. The number of hydrogen-bond donors (Lipinski definition) is 3. The van der Waals surface area contributed by atoms with Crippen LogP contribution < -0.4 is 11.1 Å². The van der Waals surface area contributed by atoms with Crippen molar-refractivity contribution in [2.45, 2.75) is 6.10 Å². The van der Waals surface area contributed by atoms with Gasteiger partial charge in [0.2, 0.25) is 0 Å². The van der Waals surface area contributed by atoms with Crippen LogP contribution in [-0.4, -0.2) is 17.6 Å². The SMILES string of the molecule is Nc1cc(F)cc(C(=O)NCC(O)c2ccccc2)c1F. The molecule has 4 N–H and O–H groups in total. The lowest BCUT2D eigenvalue weighted by molar-refractivity contribution is 0.0912. The molecular weight excluding hydrogens is 278 g/mol. The number of aliphatic hydroxyl groups excluding tert-OH is 1. The first-order valence-electron chi connectivity index (χ1n) is 6.24. The lowest BCUT2D eigenvalue weighted by Gasteiger charge is -2.13. The smallest absolute Gasteiger partial charge is 0.254 e. The quantitative estimate of drug-likeness (QED) is 0.755. The van der Waals surface area contributed by atoms with E-state index in [1.807, 2.05) is 0 Å². The van der Waals surface area contributed by atoms with Gasteiger partial charge < -0.3 is 16.2 Å². The summed E-state index contributed by atoms with van der Waals surface area (Å²) in [5.41, 5.74) is 4.94. The van der Waals surface area contributed by atoms with Crippen molar-refractivity contribution in [1.82, 2.24) is 5.32 Å². The molecule has 2 aromatic carbocycles. The number of benzene rings is 2. The highest BCUT2D eigenvalue weighted by Gasteiger charge is 2.17. The van der Waals surface area contributed by atoms with Crippen LogP contribution in [0.25, 0.3) is 0 Å². The summed E-state index contributed by atoms with van der Waals surface area (Å²) in [7, 11) is 0. The Bertz CT molecular complexity index is 648. The highest BCUT2D eigenvalue weighted by molar-refractivity contribution is 5.95. The van der Waals surface area contributed by atoms with Crippen molar-refractivity contribution in [3.63, 3.8) is 0 Å². The van der Waals surface area contributed by atoms with Gasteiger partial charge in [0, 0.05) is 6.54 Å². The van der Waals surface area contributed by atoms with Crippen molar-refractivity contribution in [2.24, 2.45) is 0 Å². The molecule has 0 saturated heterocycles. The molecule has 0 aromatic heterocycles. The van der Waals surface area contributed by atoms with Crippen LogP contribution >= 0.6 is 0 Å². The summed E-state index contributed by atoms with van der Waals surface area (Å²) >= 11 is 0. The number of rotatable bonds is 4. The van der Waals surface area contributed by atoms with Crippen molar-refractivity contribution >= 4 is 11.6 Å². The second kappa shape index (κ2) is 6.32. The van der Waals surface area contributed by atoms with Gasteiger partial charge in [-0.15, -0.1) is 0 Å². The number of anilines is 1. The van der Waals surface area contributed by atoms with Gasteiger partial charge >= 0.3 is 0 Å². The molecule has 1 unspecified atom stereocenters. The van der Waals surface area contributed by atoms with Crippen molar-refractivity contribution in [2.75, 3.05) is 12.3 Å². The van der Waals surface area contributed by atoms with Crippen molar-refractivity contribution in [3.05, 3.63) is 65.2 Å². The average molecular weight is 292 g/mol. The van der Waals surface area contributed by atoms with Crippen molar-refractivity contribution in [1.29, 1.82) is 0 Å². The predicted molar refractivity (Wildman–Crippen MR) is 74.5 cm³/mol. The normalized spacial score (nSPS) is 12.0. The van der Waals surface area contributed by atoms with Crippen LogP contribution in [0.4, 0.5) is 14.5 Å². The highest BCUT2D eigenvalue weighted by Crippen LogP contribution is 2.18. The summed E-state index contributed by atoms with van der Waals surface area (Å²) in [6.07, 6.45) is -0.941. The molecule has 0 heterocycles. The number of amides is 1. The zero-order valence-corrected chi connectivity index (χ0v) is 11.0. The zero-order chi connectivity index (χ0) is 15.4. The molecule has 0 spiro atoms. The molecule has 0 aliphatic carbocycles. The largest absolute Gasteiger partial charge is 0.396 e. The van der Waals surface area contributed by atoms with E-state index in [1.165, 1.54) is 0 Å². The van der Waals surface area contributed by atoms with E-state index in [4.69, 9.17) is 5.73 Å². The van der Waals surface area contributed by atoms with E-state index >= 15 is 0 Å². The second-order valence-electron chi connectivity index (χ2n) is 4.49. The maximum absolute atomic E-state index is 13.7. The van der Waals surface area contributed by atoms with Gasteiger partial charge in [-0.1, -0.05) is 30.3 Å². The summed E-state index contributed by atoms with van der Waals surface area (Å²) in [5.74, 6) is -2.63. The molecule has 2 aromatic rings. The van der Waals surface area contributed by atoms with Gasteiger partial charge in [-0.25, -0.2) is 8.78 Å². The first kappa shape index (κ1) is 14.9. The molecule has 0 bridgehead atoms. The second-order valence-corrected chi connectivity index (χ2v) is 4.49. The lowest BCUT2D eigenvalue weighted by atomic mass is 10.1. The first-order chi connectivity index (χ1) is 9.99. The number of carbonyl (C=O) groups excluding carboxylic acids is 1. The standard InChI is InChI=1S/C15H14F2N2O2/c16-10-6-11(14(17)12(18)7-10)15(21)19-8-13(20)9-4-2-1-3-5-9/h1-7,13,20H,8,18H2,(H,19,21). The van der Waals surface area contributed by atoms with Gasteiger partial charge in [-0.05, 0) is 17.7 Å². The maximum atomic E-state index is 13.7. The monoisotopic (exact) mass is 292 g/mol. The Morgan fingerprint density at radius 1 is 1.24 bits per heavy atom. The number of halogens is 2. The number of aliphatic hydroxyl groups is 1. The summed E-state index contributed by atoms with van der Waals surface area (Å²) in [5, 5.41) is 12.2. The third-order valence-corrected chi connectivity index (χ3v) is 2.95. The molecule has 21 heavy (non-hydrogen) atoms. The topological polar surface area (TPSA) is 75.4 Å². The fourth-order valence-corrected chi connectivity index (χ4v) is 1.85. The van der Waals surface area contributed by atoms with E-state index < -0.39 is 34.9 Å². The summed E-state index contributed by atoms with van der Waals surface area (Å²) < 4.78 is 26.8. The van der Waals surface area contributed by atoms with Crippen LogP contribution in [0, 0.1) is 11.6 Å². The number of carbonyl (C=O) groups is 1. The Labute approximate surface area is 120 Å². The molecule has 6 heteroatoms. The Morgan fingerprint density at radius 2 is 1.90 bits per heavy atom. The average Bonchev–Trinajstić information content (AvgIpc) is 2.49. The predicted octanol–water partition coefficient (Wildman–Crippen LogP) is 2.01. The van der Waals surface area contributed by atoms with Crippen LogP contribution in [0.15, 0.2) is 42.5 Å². The lowest BCUT2D eigenvalue weighted by Crippen LogP contribution is -2.29. The molecule has 2 rings (SSSR count). The molecular formula is C15H14F2N2O2. The molecule has 0 saturated carbocycles. The van der Waals surface area contributed by atoms with Crippen LogP contribution in [0.5, 0.6) is 0 Å². The van der Waals surface area contributed by atoms with E-state index in [0.29, 0.717) is 5.56 Å². The molecule has 1 amide bonds. The number of nitrogens with two attached hydrogens (primary N) is 1. The fraction of sp³-hybridized carbons (Fsp3) is 0.133. The minimum Gasteiger partial charge on any atom is -0.396 e. The summed E-state index contributed by atoms with van der Waals surface area (Å²) in [6, 6.07) is 10.2. The Kier molecular flexibility index (Phi) is 4.49. The molecule has 0 aliphatic rings. The number of nitrogen functional groups attached to an aromatic ring is 1. The van der Waals surface area contributed by atoms with E-state index in [-0.39, 0.29) is 6.54 Å². The Hall–Kier alpha value is -2.47. The Balaban J connectivity index is 2.06. The highest BCUT2D eigenvalue weighted by atomic mass is 19.1. The fourth-order valence-electron chi connectivity index (χ4n) is 1.85. The van der Waals surface area contributed by atoms with Gasteiger partial charge in [0.15, 0.2) is 5.82 Å². The number of nitrogens with one attached hydrogen (secondary N) is 1. The third kappa shape index (κ3) is 3.55. The van der Waals surface area contributed by atoms with E-state index in [2.05, 4.69) is 5.32 Å². The molecule has 1 atom stereocenters. The maximum Gasteiger partial charge on any atom is 0.254 e. The first-order valence-corrected chi connectivity index (χ1v) is 6.24. The van der Waals surface area contributed by atoms with Crippen LogP contribution in [0.2, 0.25) is 0 Å². The van der Waals surface area contributed by atoms with Gasteiger partial charge in [0.05, 0.1) is 17.4 Å². The molecule has 4 nitrogen and oxygen atoms in total. The summed E-state index contributed by atoms with van der Waals surface area (Å²) in [6.45, 7) is -0.126. The molecule has 0 fully saturated rings. The molecule has 0 aliphatic heterocycles. The van der Waals surface area contributed by atoms with Crippen molar-refractivity contribution < 1.29 is 18.7 Å². The van der Waals surface area contributed by atoms with Crippen LogP contribution in [0.3, 0.4) is 0 Å². The summed E-state index contributed by atoms with van der Waals surface area (Å²) in [4.78, 5) is 11.8. The van der Waals surface area contributed by atoms with E-state index in [0.717, 1.165) is 12.1 Å². The minimum absolute atomic E-state index is 0.126. The van der Waals surface area contributed by atoms with Crippen LogP contribution in [-0.2, 0) is 0 Å². The van der Waals surface area contributed by atoms with E-state index in [9.17, 15) is 18.7 Å². The van der Waals surface area contributed by atoms with Gasteiger partial charge in [-0.2, -0.15) is 0 Å². The van der Waals surface area contributed by atoms with E-state index in [1.54, 1.807) is 30.3 Å². The van der Waals surface area contributed by atoms with Crippen LogP contribution in [0.1, 0.15) is 22.0 Å². The van der Waals surface area contributed by atoms with Crippen molar-refractivity contribution in [3.8, 4) is 0 Å². The van der Waals surface area contributed by atoms with Gasteiger partial charge in [0.1, 0.15) is 5.82 Å². The zero-order valence-electron chi connectivity index (χ0n) is 11.0. The number of hydrogen-bond acceptors (Lipinski definition) is 3. The third-order valence-electron chi connectivity index (χ3n) is 2.95.